The van der Waals surface area contributed by atoms with Crippen molar-refractivity contribution < 1.29 is 27.5 Å². The normalized spacial score (nSPS) is 13.8. The van der Waals surface area contributed by atoms with Gasteiger partial charge in [0.15, 0.2) is 6.61 Å². The van der Waals surface area contributed by atoms with Crippen LogP contribution in [0.25, 0.3) is 21.5 Å². The van der Waals surface area contributed by atoms with E-state index < -0.39 is 12.8 Å². The van der Waals surface area contributed by atoms with Gasteiger partial charge in [0.25, 0.3) is 11.8 Å². The van der Waals surface area contributed by atoms with Crippen LogP contribution in [0.15, 0.2) is 66.7 Å². The Hall–Kier alpha value is -3.87. The molecule has 0 unspecified atom stereocenters. The van der Waals surface area contributed by atoms with Crippen molar-refractivity contribution >= 4 is 33.4 Å². The second-order valence-electron chi connectivity index (χ2n) is 8.09. The van der Waals surface area contributed by atoms with E-state index in [0.29, 0.717) is 16.7 Å². The number of hydrogen-bond donors (Lipinski definition) is 0. The molecule has 1 heterocycles. The fourth-order valence-corrected chi connectivity index (χ4v) is 4.23. The molecule has 0 atom stereocenters. The summed E-state index contributed by atoms with van der Waals surface area (Å²) in [5.41, 5.74) is 2.19. The molecule has 0 saturated heterocycles. The summed E-state index contributed by atoms with van der Waals surface area (Å²) in [5, 5.41) is 3.46. The first-order valence-electron chi connectivity index (χ1n) is 10.3. The smallest absolute Gasteiger partial charge is 0.422 e. The van der Waals surface area contributed by atoms with Gasteiger partial charge in [-0.3, -0.25) is 14.5 Å². The Balaban J connectivity index is 1.48. The number of amides is 2. The van der Waals surface area contributed by atoms with Gasteiger partial charge in [0.2, 0.25) is 0 Å². The van der Waals surface area contributed by atoms with E-state index >= 15 is 0 Å². The Morgan fingerprint density at radius 3 is 2.15 bits per heavy atom. The van der Waals surface area contributed by atoms with E-state index in [2.05, 4.69) is 0 Å². The number of fused-ring (bicyclic) bond motifs is 3. The Bertz CT molecular complexity index is 1410. The minimum absolute atomic E-state index is 0.133. The maximum atomic E-state index is 12.7. The van der Waals surface area contributed by atoms with Gasteiger partial charge in [0.1, 0.15) is 5.75 Å². The highest BCUT2D eigenvalue weighted by molar-refractivity contribution is 6.21. The Labute approximate surface area is 187 Å². The van der Waals surface area contributed by atoms with Gasteiger partial charge in [-0.2, -0.15) is 13.2 Å². The number of aryl methyl sites for hydroxylation is 1. The second-order valence-corrected chi connectivity index (χ2v) is 8.09. The third kappa shape index (κ3) is 3.80. The van der Waals surface area contributed by atoms with Crippen molar-refractivity contribution in [3.05, 3.63) is 89.0 Å². The van der Waals surface area contributed by atoms with Crippen LogP contribution in [0.4, 0.5) is 13.2 Å². The van der Waals surface area contributed by atoms with Crippen molar-refractivity contribution in [2.45, 2.75) is 19.6 Å². The van der Waals surface area contributed by atoms with E-state index in [1.165, 1.54) is 4.90 Å². The lowest BCUT2D eigenvalue weighted by molar-refractivity contribution is -0.153. The molecule has 1 aliphatic rings. The molecule has 0 radical (unpaired) electrons. The number of halogens is 3. The van der Waals surface area contributed by atoms with Crippen LogP contribution in [0.5, 0.6) is 5.75 Å². The lowest BCUT2D eigenvalue weighted by Gasteiger charge is -2.15. The maximum absolute atomic E-state index is 12.7. The molecule has 2 amide bonds. The van der Waals surface area contributed by atoms with Crippen molar-refractivity contribution in [2.24, 2.45) is 0 Å². The van der Waals surface area contributed by atoms with Crippen molar-refractivity contribution in [1.29, 1.82) is 0 Å². The number of nitrogens with zero attached hydrogens (tertiary/aromatic N) is 1. The van der Waals surface area contributed by atoms with Crippen molar-refractivity contribution in [1.82, 2.24) is 4.90 Å². The predicted molar refractivity (Wildman–Crippen MR) is 118 cm³/mol. The highest BCUT2D eigenvalue weighted by Gasteiger charge is 2.35. The Morgan fingerprint density at radius 2 is 1.48 bits per heavy atom. The van der Waals surface area contributed by atoms with E-state index in [-0.39, 0.29) is 24.1 Å². The highest BCUT2D eigenvalue weighted by atomic mass is 19.4. The third-order valence-corrected chi connectivity index (χ3v) is 5.87. The van der Waals surface area contributed by atoms with E-state index in [1.54, 1.807) is 43.3 Å². The molecule has 1 aliphatic heterocycles. The third-order valence-electron chi connectivity index (χ3n) is 5.87. The molecule has 4 aromatic carbocycles. The number of imide groups is 1. The maximum Gasteiger partial charge on any atom is 0.422 e. The first-order valence-corrected chi connectivity index (χ1v) is 10.3. The summed E-state index contributed by atoms with van der Waals surface area (Å²) in [6.45, 7) is 0.508. The number of carbonyl (C=O) groups is 2. The zero-order valence-corrected chi connectivity index (χ0v) is 17.6. The molecule has 7 heteroatoms. The zero-order chi connectivity index (χ0) is 23.3. The summed E-state index contributed by atoms with van der Waals surface area (Å²) in [7, 11) is 0. The number of hydrogen-bond acceptors (Lipinski definition) is 3. The molecule has 0 N–H and O–H groups in total. The molecule has 0 bridgehead atoms. The van der Waals surface area contributed by atoms with E-state index in [9.17, 15) is 22.8 Å². The molecule has 0 fully saturated rings. The predicted octanol–water partition coefficient (Wildman–Crippen LogP) is 6.04. The molecule has 4 aromatic rings. The van der Waals surface area contributed by atoms with E-state index in [4.69, 9.17) is 4.74 Å². The lowest BCUT2D eigenvalue weighted by atomic mass is 9.98. The van der Waals surface area contributed by atoms with Crippen LogP contribution >= 0.6 is 0 Å². The summed E-state index contributed by atoms with van der Waals surface area (Å²) < 4.78 is 42.7. The minimum atomic E-state index is -4.41. The molecular formula is C26H18F3NO3. The van der Waals surface area contributed by atoms with E-state index in [1.807, 2.05) is 30.3 Å². The molecule has 0 saturated carbocycles. The molecule has 0 aliphatic carbocycles. The van der Waals surface area contributed by atoms with Crippen LogP contribution in [0, 0.1) is 6.92 Å². The molecule has 33 heavy (non-hydrogen) atoms. The van der Waals surface area contributed by atoms with Crippen molar-refractivity contribution in [3.63, 3.8) is 0 Å². The van der Waals surface area contributed by atoms with Crippen LogP contribution in [0.1, 0.15) is 31.8 Å². The first kappa shape index (κ1) is 21.0. The quantitative estimate of drug-likeness (QED) is 0.282. The molecule has 0 aromatic heterocycles. The largest absolute Gasteiger partial charge is 0.484 e. The number of ether oxygens (including phenoxy) is 1. The zero-order valence-electron chi connectivity index (χ0n) is 17.6. The number of benzene rings is 4. The van der Waals surface area contributed by atoms with E-state index in [0.717, 1.165) is 27.1 Å². The van der Waals surface area contributed by atoms with Crippen LogP contribution in [-0.2, 0) is 6.54 Å². The average molecular weight is 449 g/mol. The van der Waals surface area contributed by atoms with Crippen molar-refractivity contribution in [3.8, 4) is 5.75 Å². The highest BCUT2D eigenvalue weighted by Crippen LogP contribution is 2.33. The van der Waals surface area contributed by atoms with Crippen LogP contribution in [-0.4, -0.2) is 29.5 Å². The van der Waals surface area contributed by atoms with Gasteiger partial charge >= 0.3 is 6.18 Å². The number of carbonyl (C=O) groups excluding carboxylic acids is 2. The summed E-state index contributed by atoms with van der Waals surface area (Å²) in [6, 6.07) is 19.5. The molecule has 166 valence electrons. The molecule has 4 nitrogen and oxygen atoms in total. The second kappa shape index (κ2) is 7.62. The van der Waals surface area contributed by atoms with Crippen LogP contribution in [0.2, 0.25) is 0 Å². The first-order chi connectivity index (χ1) is 15.7. The standard InChI is InChI=1S/C26H18F3NO3/c1-15-22-12-19-10-16(13-30-24(31)20-4-2-3-5-21(20)25(30)32)6-7-17(19)11-18(22)8-9-23(15)33-14-26(27,28)29/h2-12H,13-14H2,1H3. The Morgan fingerprint density at radius 1 is 0.818 bits per heavy atom. The lowest BCUT2D eigenvalue weighted by Crippen LogP contribution is -2.29. The van der Waals surface area contributed by atoms with Gasteiger partial charge in [-0.1, -0.05) is 30.3 Å². The molecular weight excluding hydrogens is 431 g/mol. The van der Waals surface area contributed by atoms with Crippen molar-refractivity contribution in [2.75, 3.05) is 6.61 Å². The van der Waals surface area contributed by atoms with Gasteiger partial charge < -0.3 is 4.74 Å². The van der Waals surface area contributed by atoms with Gasteiger partial charge in [-0.05, 0) is 76.0 Å². The summed E-state index contributed by atoms with van der Waals surface area (Å²) >= 11 is 0. The fraction of sp³-hybridized carbons (Fsp3) is 0.154. The Kier molecular flexibility index (Phi) is 4.85. The number of alkyl halides is 3. The summed E-state index contributed by atoms with van der Waals surface area (Å²) in [4.78, 5) is 26.6. The van der Waals surface area contributed by atoms with Crippen LogP contribution < -0.4 is 4.74 Å². The SMILES string of the molecule is Cc1c(OCC(F)(F)F)ccc2cc3ccc(CN4C(=O)c5ccccc5C4=O)cc3cc12. The number of rotatable bonds is 4. The van der Waals surface area contributed by atoms with Gasteiger partial charge in [0.05, 0.1) is 17.7 Å². The monoisotopic (exact) mass is 449 g/mol. The molecule has 5 rings (SSSR count). The van der Waals surface area contributed by atoms with Gasteiger partial charge in [-0.25, -0.2) is 0 Å². The average Bonchev–Trinajstić information content (AvgIpc) is 3.02. The minimum Gasteiger partial charge on any atom is -0.484 e. The van der Waals surface area contributed by atoms with Gasteiger partial charge in [0, 0.05) is 0 Å². The topological polar surface area (TPSA) is 46.6 Å². The summed E-state index contributed by atoms with van der Waals surface area (Å²) in [5.74, 6) is -0.464. The fourth-order valence-electron chi connectivity index (χ4n) is 4.23. The van der Waals surface area contributed by atoms with Crippen LogP contribution in [0.3, 0.4) is 0 Å². The molecule has 0 spiro atoms. The van der Waals surface area contributed by atoms with Gasteiger partial charge in [-0.15, -0.1) is 0 Å². The summed E-state index contributed by atoms with van der Waals surface area (Å²) in [6.07, 6.45) is -4.41.